The van der Waals surface area contributed by atoms with E-state index in [1.807, 2.05) is 63.4 Å². The third kappa shape index (κ3) is 5.82. The number of likely N-dealkylation sites (tertiary alicyclic amines) is 1. The number of benzene rings is 1. The monoisotopic (exact) mass is 409 g/mol. The van der Waals surface area contributed by atoms with Crippen LogP contribution in [-0.2, 0) is 4.74 Å². The molecule has 2 heterocycles. The number of carbonyl (C=O) groups is 1. The van der Waals surface area contributed by atoms with E-state index in [2.05, 4.69) is 24.8 Å². The Labute approximate surface area is 181 Å². The standard InChI is InChI=1S/C25H35N3O2/c1-19(2)18-27-16-10-9-13-22(27)20-14-15-23(26-17-20)28(21-11-7-6-8-12-21)24(29)30-25(3,4)5/h6-8,11-12,14-15,17,19,22H,9-10,13,16,18H2,1-5H3. The van der Waals surface area contributed by atoms with Crippen molar-refractivity contribution in [3.63, 3.8) is 0 Å². The van der Waals surface area contributed by atoms with Gasteiger partial charge in [0.2, 0.25) is 0 Å². The molecule has 0 bridgehead atoms. The number of amides is 1. The van der Waals surface area contributed by atoms with E-state index in [1.165, 1.54) is 18.4 Å². The lowest BCUT2D eigenvalue weighted by Gasteiger charge is -2.37. The van der Waals surface area contributed by atoms with Crippen LogP contribution in [0.25, 0.3) is 0 Å². The van der Waals surface area contributed by atoms with Crippen molar-refractivity contribution in [2.75, 3.05) is 18.0 Å². The number of hydrogen-bond acceptors (Lipinski definition) is 4. The SMILES string of the molecule is CC(C)CN1CCCCC1c1ccc(N(C(=O)OC(C)(C)C)c2ccccc2)nc1. The predicted octanol–water partition coefficient (Wildman–Crippen LogP) is 6.34. The summed E-state index contributed by atoms with van der Waals surface area (Å²) in [5.74, 6) is 1.21. The van der Waals surface area contributed by atoms with Gasteiger partial charge in [0.15, 0.2) is 0 Å². The summed E-state index contributed by atoms with van der Waals surface area (Å²) < 4.78 is 5.65. The Balaban J connectivity index is 1.87. The summed E-state index contributed by atoms with van der Waals surface area (Å²) in [6.07, 6.45) is 5.17. The highest BCUT2D eigenvalue weighted by Crippen LogP contribution is 2.33. The zero-order valence-electron chi connectivity index (χ0n) is 19.0. The van der Waals surface area contributed by atoms with Gasteiger partial charge in [0.05, 0.1) is 5.69 Å². The molecule has 1 amide bonds. The van der Waals surface area contributed by atoms with Gasteiger partial charge in [-0.1, -0.05) is 44.5 Å². The summed E-state index contributed by atoms with van der Waals surface area (Å²) >= 11 is 0. The van der Waals surface area contributed by atoms with Gasteiger partial charge in [0.25, 0.3) is 0 Å². The van der Waals surface area contributed by atoms with Crippen LogP contribution in [0.5, 0.6) is 0 Å². The van der Waals surface area contributed by atoms with Gasteiger partial charge in [-0.25, -0.2) is 14.7 Å². The van der Waals surface area contributed by atoms with E-state index in [1.54, 1.807) is 4.90 Å². The zero-order valence-corrected chi connectivity index (χ0v) is 19.0. The molecule has 5 nitrogen and oxygen atoms in total. The first-order valence-corrected chi connectivity index (χ1v) is 11.0. The van der Waals surface area contributed by atoms with E-state index in [4.69, 9.17) is 9.72 Å². The van der Waals surface area contributed by atoms with Gasteiger partial charge in [-0.3, -0.25) is 4.90 Å². The number of piperidine rings is 1. The molecule has 3 rings (SSSR count). The average Bonchev–Trinajstić information content (AvgIpc) is 2.68. The van der Waals surface area contributed by atoms with Gasteiger partial charge in [-0.15, -0.1) is 0 Å². The Kier molecular flexibility index (Phi) is 7.14. The number of anilines is 2. The minimum atomic E-state index is -0.580. The highest BCUT2D eigenvalue weighted by molar-refractivity contribution is 5.95. The molecule has 0 N–H and O–H groups in total. The second-order valence-electron chi connectivity index (χ2n) is 9.50. The summed E-state index contributed by atoms with van der Waals surface area (Å²) in [5.41, 5.74) is 1.38. The molecule has 30 heavy (non-hydrogen) atoms. The van der Waals surface area contributed by atoms with Crippen molar-refractivity contribution in [3.05, 3.63) is 54.2 Å². The largest absolute Gasteiger partial charge is 0.443 e. The van der Waals surface area contributed by atoms with Crippen LogP contribution in [0.1, 0.15) is 65.5 Å². The van der Waals surface area contributed by atoms with E-state index < -0.39 is 11.7 Å². The van der Waals surface area contributed by atoms with Crippen molar-refractivity contribution in [1.82, 2.24) is 9.88 Å². The number of ether oxygens (including phenoxy) is 1. The van der Waals surface area contributed by atoms with Crippen LogP contribution in [0, 0.1) is 5.92 Å². The zero-order chi connectivity index (χ0) is 21.7. The highest BCUT2D eigenvalue weighted by Gasteiger charge is 2.28. The first-order valence-electron chi connectivity index (χ1n) is 11.0. The van der Waals surface area contributed by atoms with Crippen molar-refractivity contribution in [2.45, 2.75) is 65.5 Å². The molecule has 1 aliphatic rings. The molecule has 0 radical (unpaired) electrons. The topological polar surface area (TPSA) is 45.7 Å². The van der Waals surface area contributed by atoms with Gasteiger partial charge in [0.1, 0.15) is 11.4 Å². The number of aromatic nitrogens is 1. The molecule has 162 valence electrons. The molecule has 1 aromatic carbocycles. The highest BCUT2D eigenvalue weighted by atomic mass is 16.6. The van der Waals surface area contributed by atoms with Crippen molar-refractivity contribution < 1.29 is 9.53 Å². The quantitative estimate of drug-likeness (QED) is 0.578. The van der Waals surface area contributed by atoms with Crippen LogP contribution in [0.3, 0.4) is 0 Å². The predicted molar refractivity (Wildman–Crippen MR) is 122 cm³/mol. The maximum atomic E-state index is 13.0. The van der Waals surface area contributed by atoms with E-state index >= 15 is 0 Å². The molecule has 2 aromatic rings. The van der Waals surface area contributed by atoms with E-state index in [0.717, 1.165) is 25.2 Å². The van der Waals surface area contributed by atoms with Gasteiger partial charge < -0.3 is 4.74 Å². The number of hydrogen-bond donors (Lipinski definition) is 0. The third-order valence-corrected chi connectivity index (χ3v) is 5.19. The summed E-state index contributed by atoms with van der Waals surface area (Å²) in [6, 6.07) is 14.0. The molecule has 1 aromatic heterocycles. The minimum Gasteiger partial charge on any atom is -0.443 e. The van der Waals surface area contributed by atoms with Crippen molar-refractivity contribution in [2.24, 2.45) is 5.92 Å². The number of nitrogens with zero attached hydrogens (tertiary/aromatic N) is 3. The molecule has 0 aliphatic carbocycles. The normalized spacial score (nSPS) is 17.7. The molecular weight excluding hydrogens is 374 g/mol. The van der Waals surface area contributed by atoms with Gasteiger partial charge in [-0.05, 0) is 69.8 Å². The van der Waals surface area contributed by atoms with Crippen LogP contribution in [0.2, 0.25) is 0 Å². The Morgan fingerprint density at radius 2 is 1.90 bits per heavy atom. The molecule has 1 saturated heterocycles. The summed E-state index contributed by atoms with van der Waals surface area (Å²) in [6.45, 7) is 12.4. The second kappa shape index (κ2) is 9.61. The Hall–Kier alpha value is -2.40. The van der Waals surface area contributed by atoms with Crippen molar-refractivity contribution >= 4 is 17.6 Å². The molecule has 1 unspecified atom stereocenters. The van der Waals surface area contributed by atoms with E-state index in [0.29, 0.717) is 17.8 Å². The number of pyridine rings is 1. The minimum absolute atomic E-state index is 0.398. The van der Waals surface area contributed by atoms with Crippen LogP contribution in [-0.4, -0.2) is 34.7 Å². The Bertz CT molecular complexity index is 813. The first kappa shape index (κ1) is 22.3. The lowest BCUT2D eigenvalue weighted by Crippen LogP contribution is -2.36. The Morgan fingerprint density at radius 1 is 1.17 bits per heavy atom. The summed E-state index contributed by atoms with van der Waals surface area (Å²) in [4.78, 5) is 21.8. The average molecular weight is 410 g/mol. The fourth-order valence-corrected chi connectivity index (χ4v) is 4.00. The van der Waals surface area contributed by atoms with E-state index in [9.17, 15) is 4.79 Å². The second-order valence-corrected chi connectivity index (χ2v) is 9.50. The molecular formula is C25H35N3O2. The number of para-hydroxylation sites is 1. The molecule has 0 saturated carbocycles. The molecule has 0 spiro atoms. The van der Waals surface area contributed by atoms with Gasteiger partial charge >= 0.3 is 6.09 Å². The lowest BCUT2D eigenvalue weighted by molar-refractivity contribution is 0.0598. The van der Waals surface area contributed by atoms with Gasteiger partial charge in [0, 0.05) is 18.8 Å². The van der Waals surface area contributed by atoms with Gasteiger partial charge in [-0.2, -0.15) is 0 Å². The summed E-state index contributed by atoms with van der Waals surface area (Å²) in [5, 5.41) is 0. The lowest BCUT2D eigenvalue weighted by atomic mass is 9.95. The fraction of sp³-hybridized carbons (Fsp3) is 0.520. The maximum Gasteiger partial charge on any atom is 0.420 e. The van der Waals surface area contributed by atoms with Crippen molar-refractivity contribution in [1.29, 1.82) is 0 Å². The molecule has 1 fully saturated rings. The maximum absolute atomic E-state index is 13.0. The smallest absolute Gasteiger partial charge is 0.420 e. The van der Waals surface area contributed by atoms with Crippen LogP contribution >= 0.6 is 0 Å². The molecule has 1 aliphatic heterocycles. The fourth-order valence-electron chi connectivity index (χ4n) is 4.00. The molecule has 1 atom stereocenters. The van der Waals surface area contributed by atoms with E-state index in [-0.39, 0.29) is 0 Å². The number of carbonyl (C=O) groups excluding carboxylic acids is 1. The van der Waals surface area contributed by atoms with Crippen LogP contribution < -0.4 is 4.90 Å². The van der Waals surface area contributed by atoms with Crippen LogP contribution in [0.4, 0.5) is 16.3 Å². The third-order valence-electron chi connectivity index (χ3n) is 5.19. The Morgan fingerprint density at radius 3 is 2.50 bits per heavy atom. The summed E-state index contributed by atoms with van der Waals surface area (Å²) in [7, 11) is 0. The van der Waals surface area contributed by atoms with Crippen molar-refractivity contribution in [3.8, 4) is 0 Å². The first-order chi connectivity index (χ1) is 14.2. The number of rotatable bonds is 5. The molecule has 5 heteroatoms. The van der Waals surface area contributed by atoms with Crippen LogP contribution in [0.15, 0.2) is 48.7 Å².